The molecule has 1 N–H and O–H groups in total. The highest BCUT2D eigenvalue weighted by molar-refractivity contribution is 6.31. The second-order valence-corrected chi connectivity index (χ2v) is 7.71. The highest BCUT2D eigenvalue weighted by Gasteiger charge is 2.25. The van der Waals surface area contributed by atoms with Crippen LogP contribution in [0.3, 0.4) is 0 Å². The molecule has 0 atom stereocenters. The Morgan fingerprint density at radius 1 is 1.08 bits per heavy atom. The molecule has 26 heavy (non-hydrogen) atoms. The van der Waals surface area contributed by atoms with Crippen LogP contribution in [0.2, 0.25) is 10.0 Å². The number of halogens is 2. The zero-order valence-electron chi connectivity index (χ0n) is 14.8. The third-order valence-electron chi connectivity index (χ3n) is 5.10. The van der Waals surface area contributed by atoms with Gasteiger partial charge in [0, 0.05) is 22.2 Å². The number of ether oxygens (including phenoxy) is 1. The summed E-state index contributed by atoms with van der Waals surface area (Å²) in [5, 5.41) is 4.39. The number of nitrogens with one attached hydrogen (secondary N) is 1. The van der Waals surface area contributed by atoms with Gasteiger partial charge >= 0.3 is 0 Å². The second-order valence-electron chi connectivity index (χ2n) is 6.86. The van der Waals surface area contributed by atoms with E-state index in [-0.39, 0.29) is 5.91 Å². The fourth-order valence-electron chi connectivity index (χ4n) is 3.65. The molecule has 0 bridgehead atoms. The number of rotatable bonds is 5. The third kappa shape index (κ3) is 4.93. The van der Waals surface area contributed by atoms with Gasteiger partial charge in [-0.05, 0) is 79.5 Å². The van der Waals surface area contributed by atoms with E-state index in [0.29, 0.717) is 23.3 Å². The quantitative estimate of drug-likeness (QED) is 0.648. The fourth-order valence-corrected chi connectivity index (χ4v) is 4.10. The van der Waals surface area contributed by atoms with E-state index in [0.717, 1.165) is 42.1 Å². The molecule has 3 nitrogen and oxygen atoms in total. The smallest absolute Gasteiger partial charge is 0.224 e. The summed E-state index contributed by atoms with van der Waals surface area (Å²) in [6.07, 6.45) is 4.77. The Kier molecular flexibility index (Phi) is 6.44. The van der Waals surface area contributed by atoms with Crippen molar-refractivity contribution in [1.82, 2.24) is 0 Å². The summed E-state index contributed by atoms with van der Waals surface area (Å²) in [7, 11) is 1.64. The third-order valence-corrected chi connectivity index (χ3v) is 5.68. The van der Waals surface area contributed by atoms with Crippen molar-refractivity contribution in [2.45, 2.75) is 38.0 Å². The average Bonchev–Trinajstić information content (AvgIpc) is 2.64. The van der Waals surface area contributed by atoms with Gasteiger partial charge in [-0.25, -0.2) is 0 Å². The lowest BCUT2D eigenvalue weighted by Gasteiger charge is -2.29. The lowest BCUT2D eigenvalue weighted by atomic mass is 9.77. The predicted octanol–water partition coefficient (Wildman–Crippen LogP) is 6.30. The number of carbonyl (C=O) groups is 1. The van der Waals surface area contributed by atoms with Crippen molar-refractivity contribution in [2.24, 2.45) is 5.92 Å². The van der Waals surface area contributed by atoms with Gasteiger partial charge in [0.25, 0.3) is 0 Å². The first-order valence-electron chi connectivity index (χ1n) is 8.94. The van der Waals surface area contributed by atoms with Crippen LogP contribution in [0.5, 0.6) is 5.75 Å². The topological polar surface area (TPSA) is 38.3 Å². The number of methoxy groups -OCH3 is 1. The molecule has 1 saturated carbocycles. The molecule has 0 radical (unpaired) electrons. The number of hydrogen-bond acceptors (Lipinski definition) is 2. The Bertz CT molecular complexity index is 753. The minimum absolute atomic E-state index is 0.0678. The molecule has 1 aliphatic rings. The second kappa shape index (κ2) is 8.79. The lowest BCUT2D eigenvalue weighted by Crippen LogP contribution is -2.20. The maximum absolute atomic E-state index is 12.3. The van der Waals surface area contributed by atoms with Crippen molar-refractivity contribution in [2.75, 3.05) is 12.4 Å². The van der Waals surface area contributed by atoms with Gasteiger partial charge in [0.05, 0.1) is 7.11 Å². The van der Waals surface area contributed by atoms with Crippen molar-refractivity contribution < 1.29 is 9.53 Å². The normalized spacial score (nSPS) is 19.8. The van der Waals surface area contributed by atoms with Crippen molar-refractivity contribution in [3.63, 3.8) is 0 Å². The molecule has 2 aromatic carbocycles. The Balaban J connectivity index is 1.50. The number of carbonyl (C=O) groups excluding carboxylic acids is 1. The number of benzene rings is 2. The monoisotopic (exact) mass is 391 g/mol. The highest BCUT2D eigenvalue weighted by atomic mass is 35.5. The van der Waals surface area contributed by atoms with E-state index in [1.54, 1.807) is 19.2 Å². The summed E-state index contributed by atoms with van der Waals surface area (Å²) in [5.74, 6) is 1.74. The number of amides is 1. The van der Waals surface area contributed by atoms with E-state index in [4.69, 9.17) is 27.9 Å². The van der Waals surface area contributed by atoms with Crippen molar-refractivity contribution in [1.29, 1.82) is 0 Å². The number of anilines is 1. The Hall–Kier alpha value is -1.71. The summed E-state index contributed by atoms with van der Waals surface area (Å²) >= 11 is 12.3. The van der Waals surface area contributed by atoms with Gasteiger partial charge in [-0.2, -0.15) is 0 Å². The lowest BCUT2D eigenvalue weighted by molar-refractivity contribution is -0.117. The van der Waals surface area contributed by atoms with Gasteiger partial charge in [-0.3, -0.25) is 4.79 Å². The summed E-state index contributed by atoms with van der Waals surface area (Å²) in [4.78, 5) is 12.3. The average molecular weight is 392 g/mol. The predicted molar refractivity (Wildman–Crippen MR) is 107 cm³/mol. The van der Waals surface area contributed by atoms with Gasteiger partial charge in [-0.15, -0.1) is 0 Å². The molecule has 1 aliphatic carbocycles. The van der Waals surface area contributed by atoms with Crippen LogP contribution in [0.15, 0.2) is 42.5 Å². The zero-order chi connectivity index (χ0) is 18.5. The molecular formula is C21H23Cl2NO2. The van der Waals surface area contributed by atoms with E-state index >= 15 is 0 Å². The first kappa shape index (κ1) is 19.1. The first-order valence-corrected chi connectivity index (χ1v) is 9.69. The Labute approximate surface area is 164 Å². The van der Waals surface area contributed by atoms with E-state index < -0.39 is 0 Å². The standard InChI is InChI=1S/C21H23Cl2NO2/c1-26-18-10-11-19(20(23)13-18)15-4-2-14(3-5-15)12-21(25)24-17-8-6-16(22)7-9-17/h6-11,13-15H,2-5,12H2,1H3,(H,24,25)/t14-,15+. The maximum atomic E-state index is 12.3. The molecule has 0 heterocycles. The zero-order valence-corrected chi connectivity index (χ0v) is 16.3. The molecule has 5 heteroatoms. The molecule has 1 fully saturated rings. The molecule has 0 aromatic heterocycles. The molecule has 0 unspecified atom stereocenters. The van der Waals surface area contributed by atoms with Crippen molar-refractivity contribution >= 4 is 34.8 Å². The Morgan fingerprint density at radius 2 is 1.77 bits per heavy atom. The largest absolute Gasteiger partial charge is 0.497 e. The summed E-state index contributed by atoms with van der Waals surface area (Å²) < 4.78 is 5.22. The minimum Gasteiger partial charge on any atom is -0.497 e. The van der Waals surface area contributed by atoms with Crippen LogP contribution in [-0.4, -0.2) is 13.0 Å². The van der Waals surface area contributed by atoms with E-state index in [9.17, 15) is 4.79 Å². The minimum atomic E-state index is 0.0678. The molecule has 3 rings (SSSR count). The van der Waals surface area contributed by atoms with E-state index in [1.165, 1.54) is 5.56 Å². The SMILES string of the molecule is COc1ccc([C@H]2CC[C@@H](CC(=O)Nc3ccc(Cl)cc3)CC2)c(Cl)c1. The molecule has 2 aromatic rings. The fraction of sp³-hybridized carbons (Fsp3) is 0.381. The van der Waals surface area contributed by atoms with Gasteiger partial charge in [-0.1, -0.05) is 29.3 Å². The van der Waals surface area contributed by atoms with Gasteiger partial charge < -0.3 is 10.1 Å². The molecule has 0 spiro atoms. The molecule has 0 saturated heterocycles. The first-order chi connectivity index (χ1) is 12.5. The highest BCUT2D eigenvalue weighted by Crippen LogP contribution is 2.40. The van der Waals surface area contributed by atoms with E-state index in [2.05, 4.69) is 11.4 Å². The molecular weight excluding hydrogens is 369 g/mol. The van der Waals surface area contributed by atoms with Crippen LogP contribution >= 0.6 is 23.2 Å². The van der Waals surface area contributed by atoms with Crippen LogP contribution in [0, 0.1) is 5.92 Å². The summed E-state index contributed by atoms with van der Waals surface area (Å²) in [6.45, 7) is 0. The summed E-state index contributed by atoms with van der Waals surface area (Å²) in [5.41, 5.74) is 1.98. The van der Waals surface area contributed by atoms with Crippen LogP contribution in [0.4, 0.5) is 5.69 Å². The van der Waals surface area contributed by atoms with Gasteiger partial charge in [0.2, 0.25) is 5.91 Å². The van der Waals surface area contributed by atoms with Crippen molar-refractivity contribution in [3.8, 4) is 5.75 Å². The molecule has 1 amide bonds. The van der Waals surface area contributed by atoms with Crippen LogP contribution in [-0.2, 0) is 4.79 Å². The number of hydrogen-bond donors (Lipinski definition) is 1. The van der Waals surface area contributed by atoms with E-state index in [1.807, 2.05) is 24.3 Å². The van der Waals surface area contributed by atoms with Crippen LogP contribution in [0.25, 0.3) is 0 Å². The maximum Gasteiger partial charge on any atom is 0.224 e. The van der Waals surface area contributed by atoms with Crippen molar-refractivity contribution in [3.05, 3.63) is 58.1 Å². The molecule has 138 valence electrons. The van der Waals surface area contributed by atoms with Gasteiger partial charge in [0.1, 0.15) is 5.75 Å². The summed E-state index contributed by atoms with van der Waals surface area (Å²) in [6, 6.07) is 13.1. The molecule has 0 aliphatic heterocycles. The Morgan fingerprint density at radius 3 is 2.38 bits per heavy atom. The van der Waals surface area contributed by atoms with Crippen LogP contribution < -0.4 is 10.1 Å². The van der Waals surface area contributed by atoms with Gasteiger partial charge in [0.15, 0.2) is 0 Å². The van der Waals surface area contributed by atoms with Crippen LogP contribution in [0.1, 0.15) is 43.6 Å².